The van der Waals surface area contributed by atoms with Gasteiger partial charge in [0.1, 0.15) is 5.82 Å². The molecule has 1 saturated heterocycles. The van der Waals surface area contributed by atoms with E-state index in [-0.39, 0.29) is 0 Å². The van der Waals surface area contributed by atoms with Gasteiger partial charge in [-0.1, -0.05) is 30.3 Å². The summed E-state index contributed by atoms with van der Waals surface area (Å²) < 4.78 is 5.64. The molecule has 3 aromatic rings. The van der Waals surface area contributed by atoms with E-state index >= 15 is 0 Å². The molecule has 0 radical (unpaired) electrons. The number of pyridine rings is 1. The van der Waals surface area contributed by atoms with Gasteiger partial charge in [0.25, 0.3) is 0 Å². The molecule has 6 rings (SSSR count). The van der Waals surface area contributed by atoms with Crippen LogP contribution < -0.4 is 9.80 Å². The molecule has 0 amide bonds. The second kappa shape index (κ2) is 9.08. The zero-order valence-corrected chi connectivity index (χ0v) is 19.0. The molecule has 170 valence electrons. The number of hydrogen-bond donors (Lipinski definition) is 0. The molecule has 2 aromatic heterocycles. The molecule has 3 aliphatic heterocycles. The van der Waals surface area contributed by atoms with Gasteiger partial charge in [-0.25, -0.2) is 4.98 Å². The van der Waals surface area contributed by atoms with Crippen molar-refractivity contribution >= 4 is 11.8 Å². The van der Waals surface area contributed by atoms with Crippen LogP contribution in [0.5, 0.6) is 0 Å². The van der Waals surface area contributed by atoms with Crippen molar-refractivity contribution in [2.45, 2.75) is 32.5 Å². The summed E-state index contributed by atoms with van der Waals surface area (Å²) in [6, 6.07) is 14.9. The van der Waals surface area contributed by atoms with Crippen LogP contribution in [0.3, 0.4) is 0 Å². The van der Waals surface area contributed by atoms with Crippen LogP contribution >= 0.6 is 0 Å². The largest absolute Gasteiger partial charge is 0.378 e. The lowest BCUT2D eigenvalue weighted by Crippen LogP contribution is -2.40. The molecule has 0 unspecified atom stereocenters. The number of aromatic nitrogens is 3. The van der Waals surface area contributed by atoms with E-state index in [1.807, 2.05) is 12.3 Å². The average Bonchev–Trinajstić information content (AvgIpc) is 2.89. The van der Waals surface area contributed by atoms with Crippen molar-refractivity contribution in [3.05, 3.63) is 76.7 Å². The Bertz CT molecular complexity index is 1120. The van der Waals surface area contributed by atoms with Crippen LogP contribution in [0, 0.1) is 0 Å². The maximum atomic E-state index is 5.64. The predicted octanol–water partition coefficient (Wildman–Crippen LogP) is 2.83. The van der Waals surface area contributed by atoms with E-state index < -0.39 is 0 Å². The van der Waals surface area contributed by atoms with E-state index in [4.69, 9.17) is 14.7 Å². The molecule has 1 aromatic carbocycles. The predicted molar refractivity (Wildman–Crippen MR) is 128 cm³/mol. The minimum atomic E-state index is 0.753. The molecule has 1 fully saturated rings. The zero-order chi connectivity index (χ0) is 22.0. The van der Waals surface area contributed by atoms with Crippen LogP contribution in [0.1, 0.15) is 28.1 Å². The van der Waals surface area contributed by atoms with E-state index in [9.17, 15) is 0 Å². The van der Waals surface area contributed by atoms with Gasteiger partial charge in [-0.05, 0) is 29.7 Å². The van der Waals surface area contributed by atoms with Gasteiger partial charge in [0, 0.05) is 64.0 Å². The fourth-order valence-electron chi connectivity index (χ4n) is 5.14. The standard InChI is InChI=1S/C26H30N6O/c1-2-6-21-17-32(12-8-20(21)5-1)26-28-24-9-11-30(18-22-7-3-4-10-27-22)19-23(24)25(29-26)31-13-15-33-16-14-31/h1-7,10H,8-9,11-19H2. The lowest BCUT2D eigenvalue weighted by molar-refractivity contribution is 0.122. The Kier molecular flexibility index (Phi) is 5.66. The van der Waals surface area contributed by atoms with Gasteiger partial charge >= 0.3 is 0 Å². The molecule has 7 nitrogen and oxygen atoms in total. The van der Waals surface area contributed by atoms with Gasteiger partial charge in [-0.15, -0.1) is 0 Å². The van der Waals surface area contributed by atoms with Crippen molar-refractivity contribution < 1.29 is 4.74 Å². The highest BCUT2D eigenvalue weighted by atomic mass is 16.5. The van der Waals surface area contributed by atoms with E-state index in [1.165, 1.54) is 22.4 Å². The first-order valence-corrected chi connectivity index (χ1v) is 12.0. The van der Waals surface area contributed by atoms with Gasteiger partial charge in [-0.3, -0.25) is 9.88 Å². The Hall–Kier alpha value is -3.03. The highest BCUT2D eigenvalue weighted by molar-refractivity contribution is 5.55. The first kappa shape index (κ1) is 20.6. The molecule has 0 N–H and O–H groups in total. The molecule has 0 atom stereocenters. The van der Waals surface area contributed by atoms with Crippen LogP contribution in [0.15, 0.2) is 48.7 Å². The molecule has 0 saturated carbocycles. The Balaban J connectivity index is 1.31. The minimum Gasteiger partial charge on any atom is -0.378 e. The number of rotatable bonds is 4. The first-order chi connectivity index (χ1) is 16.3. The fraction of sp³-hybridized carbons (Fsp3) is 0.423. The normalized spacial score (nSPS) is 18.7. The number of fused-ring (bicyclic) bond motifs is 2. The summed E-state index contributed by atoms with van der Waals surface area (Å²) in [4.78, 5) is 22.1. The summed E-state index contributed by atoms with van der Waals surface area (Å²) in [5, 5.41) is 0. The van der Waals surface area contributed by atoms with Crippen LogP contribution in [0.25, 0.3) is 0 Å². The number of anilines is 2. The van der Waals surface area contributed by atoms with Crippen molar-refractivity contribution in [3.8, 4) is 0 Å². The molecule has 5 heterocycles. The molecule has 33 heavy (non-hydrogen) atoms. The van der Waals surface area contributed by atoms with Crippen molar-refractivity contribution in [3.63, 3.8) is 0 Å². The second-order valence-corrected chi connectivity index (χ2v) is 9.09. The van der Waals surface area contributed by atoms with Crippen molar-refractivity contribution in [2.75, 3.05) is 49.2 Å². The molecule has 0 bridgehead atoms. The summed E-state index contributed by atoms with van der Waals surface area (Å²) in [5.74, 6) is 1.98. The van der Waals surface area contributed by atoms with E-state index in [0.29, 0.717) is 0 Å². The fourth-order valence-corrected chi connectivity index (χ4v) is 5.14. The van der Waals surface area contributed by atoms with E-state index in [1.54, 1.807) is 0 Å². The van der Waals surface area contributed by atoms with E-state index in [0.717, 1.165) is 89.3 Å². The summed E-state index contributed by atoms with van der Waals surface area (Å²) in [6.07, 6.45) is 3.86. The van der Waals surface area contributed by atoms with Crippen molar-refractivity contribution in [1.29, 1.82) is 0 Å². The Morgan fingerprint density at radius 3 is 2.48 bits per heavy atom. The number of hydrogen-bond acceptors (Lipinski definition) is 7. The molecule has 3 aliphatic rings. The maximum absolute atomic E-state index is 5.64. The number of benzene rings is 1. The van der Waals surface area contributed by atoms with Crippen LogP contribution in [-0.2, 0) is 37.2 Å². The smallest absolute Gasteiger partial charge is 0.227 e. The molecular formula is C26H30N6O. The van der Waals surface area contributed by atoms with Gasteiger partial charge in [0.05, 0.1) is 24.6 Å². The van der Waals surface area contributed by atoms with Gasteiger partial charge in [0.15, 0.2) is 0 Å². The van der Waals surface area contributed by atoms with Crippen LogP contribution in [-0.4, -0.2) is 59.2 Å². The van der Waals surface area contributed by atoms with Gasteiger partial charge < -0.3 is 14.5 Å². The third-order valence-electron chi connectivity index (χ3n) is 6.94. The molecule has 0 aliphatic carbocycles. The number of nitrogens with zero attached hydrogens (tertiary/aromatic N) is 6. The Labute approximate surface area is 195 Å². The van der Waals surface area contributed by atoms with Gasteiger partial charge in [0.2, 0.25) is 5.95 Å². The Morgan fingerprint density at radius 2 is 1.64 bits per heavy atom. The third kappa shape index (κ3) is 4.30. The second-order valence-electron chi connectivity index (χ2n) is 9.09. The zero-order valence-electron chi connectivity index (χ0n) is 19.0. The minimum absolute atomic E-state index is 0.753. The summed E-state index contributed by atoms with van der Waals surface area (Å²) >= 11 is 0. The highest BCUT2D eigenvalue weighted by Crippen LogP contribution is 2.31. The number of morpholine rings is 1. The van der Waals surface area contributed by atoms with E-state index in [2.05, 4.69) is 56.1 Å². The summed E-state index contributed by atoms with van der Waals surface area (Å²) in [5.41, 5.74) is 6.43. The molecular weight excluding hydrogens is 412 g/mol. The van der Waals surface area contributed by atoms with Gasteiger partial charge in [-0.2, -0.15) is 4.98 Å². The third-order valence-corrected chi connectivity index (χ3v) is 6.94. The Morgan fingerprint density at radius 1 is 0.788 bits per heavy atom. The highest BCUT2D eigenvalue weighted by Gasteiger charge is 2.28. The SMILES string of the molecule is c1ccc(CN2CCc3nc(N4CCc5ccccc5C4)nc(N4CCOCC4)c3C2)nc1. The first-order valence-electron chi connectivity index (χ1n) is 12.0. The topological polar surface area (TPSA) is 57.6 Å². The number of ether oxygens (including phenoxy) is 1. The van der Waals surface area contributed by atoms with Crippen LogP contribution in [0.4, 0.5) is 11.8 Å². The molecule has 0 spiro atoms. The quantitative estimate of drug-likeness (QED) is 0.616. The van der Waals surface area contributed by atoms with Crippen molar-refractivity contribution in [1.82, 2.24) is 19.9 Å². The molecule has 7 heteroatoms. The maximum Gasteiger partial charge on any atom is 0.227 e. The van der Waals surface area contributed by atoms with Crippen LogP contribution in [0.2, 0.25) is 0 Å². The average molecular weight is 443 g/mol. The van der Waals surface area contributed by atoms with Crippen molar-refractivity contribution in [2.24, 2.45) is 0 Å². The summed E-state index contributed by atoms with van der Waals surface area (Å²) in [6.45, 7) is 7.82. The summed E-state index contributed by atoms with van der Waals surface area (Å²) in [7, 11) is 0. The lowest BCUT2D eigenvalue weighted by atomic mass is 10.00. The monoisotopic (exact) mass is 442 g/mol. The lowest BCUT2D eigenvalue weighted by Gasteiger charge is -2.36.